The molecule has 0 saturated carbocycles. The Kier molecular flexibility index (Phi) is 2.83. The maximum absolute atomic E-state index is 9.79. The molecule has 1 aromatic carbocycles. The molecule has 1 aliphatic carbocycles. The van der Waals surface area contributed by atoms with E-state index >= 15 is 0 Å². The van der Waals surface area contributed by atoms with Gasteiger partial charge in [0.05, 0.1) is 6.54 Å². The first-order chi connectivity index (χ1) is 9.06. The van der Waals surface area contributed by atoms with Gasteiger partial charge in [-0.15, -0.1) is 6.42 Å². The summed E-state index contributed by atoms with van der Waals surface area (Å²) in [6, 6.07) is 6.39. The van der Waals surface area contributed by atoms with Gasteiger partial charge in [0, 0.05) is 12.6 Å². The van der Waals surface area contributed by atoms with Crippen LogP contribution < -0.4 is 0 Å². The third-order valence-corrected chi connectivity index (χ3v) is 5.40. The van der Waals surface area contributed by atoms with Crippen LogP contribution in [0.5, 0.6) is 5.75 Å². The molecular formula is C17H21NO. The molecule has 0 radical (unpaired) electrons. The zero-order chi connectivity index (χ0) is 13.6. The molecule has 19 heavy (non-hydrogen) atoms. The Labute approximate surface area is 115 Å². The van der Waals surface area contributed by atoms with Gasteiger partial charge < -0.3 is 5.11 Å². The second kappa shape index (κ2) is 4.28. The second-order valence-electron chi connectivity index (χ2n) is 6.24. The highest BCUT2D eigenvalue weighted by atomic mass is 16.3. The molecular weight excluding hydrogens is 234 g/mol. The fourth-order valence-corrected chi connectivity index (χ4v) is 4.01. The van der Waals surface area contributed by atoms with E-state index in [9.17, 15) is 5.11 Å². The molecule has 0 amide bonds. The summed E-state index contributed by atoms with van der Waals surface area (Å²) < 4.78 is 0. The van der Waals surface area contributed by atoms with Gasteiger partial charge >= 0.3 is 0 Å². The van der Waals surface area contributed by atoms with Crippen molar-refractivity contribution in [3.05, 3.63) is 29.3 Å². The van der Waals surface area contributed by atoms with Crippen molar-refractivity contribution in [3.8, 4) is 18.1 Å². The van der Waals surface area contributed by atoms with Crippen LogP contribution >= 0.6 is 0 Å². The fraction of sp³-hybridized carbons (Fsp3) is 0.529. The van der Waals surface area contributed by atoms with Gasteiger partial charge in [0.1, 0.15) is 5.75 Å². The minimum Gasteiger partial charge on any atom is -0.508 e. The van der Waals surface area contributed by atoms with Crippen LogP contribution in [-0.4, -0.2) is 29.1 Å². The number of piperidine rings is 1. The Hall–Kier alpha value is -1.46. The summed E-state index contributed by atoms with van der Waals surface area (Å²) in [5.74, 6) is 3.75. The molecule has 3 atom stereocenters. The molecule has 1 fully saturated rings. The van der Waals surface area contributed by atoms with Gasteiger partial charge in [-0.1, -0.05) is 25.8 Å². The number of benzene rings is 1. The predicted molar refractivity (Wildman–Crippen MR) is 77.1 cm³/mol. The first-order valence-corrected chi connectivity index (χ1v) is 7.06. The number of rotatable bonds is 1. The highest BCUT2D eigenvalue weighted by Gasteiger charge is 2.48. The molecule has 0 unspecified atom stereocenters. The van der Waals surface area contributed by atoms with Crippen LogP contribution in [0.15, 0.2) is 18.2 Å². The van der Waals surface area contributed by atoms with Crippen molar-refractivity contribution in [1.29, 1.82) is 0 Å². The number of phenolic OH excluding ortho intramolecular Hbond substituents is 1. The topological polar surface area (TPSA) is 23.5 Å². The van der Waals surface area contributed by atoms with E-state index in [0.29, 0.717) is 17.7 Å². The molecule has 1 N–H and O–H groups in total. The van der Waals surface area contributed by atoms with Crippen LogP contribution in [0.1, 0.15) is 31.4 Å². The van der Waals surface area contributed by atoms with Gasteiger partial charge in [-0.3, -0.25) is 4.90 Å². The number of likely N-dealkylation sites (tertiary alicyclic amines) is 1. The summed E-state index contributed by atoms with van der Waals surface area (Å²) in [5, 5.41) is 9.79. The van der Waals surface area contributed by atoms with Gasteiger partial charge in [-0.2, -0.15) is 0 Å². The van der Waals surface area contributed by atoms with Crippen LogP contribution in [0.4, 0.5) is 0 Å². The normalized spacial score (nSPS) is 33.5. The lowest BCUT2D eigenvalue weighted by Crippen LogP contribution is -2.57. The number of nitrogens with zero attached hydrogens (tertiary/aromatic N) is 1. The van der Waals surface area contributed by atoms with Crippen molar-refractivity contribution in [2.24, 2.45) is 5.92 Å². The molecule has 1 saturated heterocycles. The summed E-state index contributed by atoms with van der Waals surface area (Å²) in [4.78, 5) is 2.45. The Balaban J connectivity index is 2.06. The average molecular weight is 255 g/mol. The molecule has 0 aromatic heterocycles. The van der Waals surface area contributed by atoms with Crippen molar-refractivity contribution >= 4 is 0 Å². The summed E-state index contributed by atoms with van der Waals surface area (Å²) in [6.45, 7) is 6.49. The van der Waals surface area contributed by atoms with Gasteiger partial charge in [-0.05, 0) is 47.4 Å². The number of fused-ring (bicyclic) bond motifs is 4. The Morgan fingerprint density at radius 2 is 2.32 bits per heavy atom. The van der Waals surface area contributed by atoms with Crippen molar-refractivity contribution in [2.75, 3.05) is 13.1 Å². The number of hydrogen-bond acceptors (Lipinski definition) is 2. The maximum atomic E-state index is 9.79. The molecule has 2 aliphatic rings. The maximum Gasteiger partial charge on any atom is 0.115 e. The van der Waals surface area contributed by atoms with E-state index in [0.717, 1.165) is 25.9 Å². The summed E-state index contributed by atoms with van der Waals surface area (Å²) >= 11 is 0. The standard InChI is InChI=1S/C17H21NO/c1-4-8-18-9-7-17(3)12(2)16(18)10-13-5-6-14(19)11-15(13)17/h1,5-6,11-12,16,19H,7-10H2,2-3H3/t12-,16+,17+/m1/s1. The zero-order valence-corrected chi connectivity index (χ0v) is 11.7. The summed E-state index contributed by atoms with van der Waals surface area (Å²) in [5.41, 5.74) is 2.89. The van der Waals surface area contributed by atoms with Crippen molar-refractivity contribution in [3.63, 3.8) is 0 Å². The molecule has 1 aromatic rings. The summed E-state index contributed by atoms with van der Waals surface area (Å²) in [7, 11) is 0. The van der Waals surface area contributed by atoms with Crippen molar-refractivity contribution < 1.29 is 5.11 Å². The summed E-state index contributed by atoms with van der Waals surface area (Å²) in [6.07, 6.45) is 7.66. The minimum absolute atomic E-state index is 0.169. The van der Waals surface area contributed by atoms with Crippen LogP contribution in [0.2, 0.25) is 0 Å². The van der Waals surface area contributed by atoms with E-state index in [1.165, 1.54) is 11.1 Å². The molecule has 1 aliphatic heterocycles. The highest BCUT2D eigenvalue weighted by Crippen LogP contribution is 2.49. The van der Waals surface area contributed by atoms with E-state index in [4.69, 9.17) is 6.42 Å². The molecule has 1 heterocycles. The molecule has 3 rings (SSSR count). The predicted octanol–water partition coefficient (Wildman–Crippen LogP) is 2.55. The van der Waals surface area contributed by atoms with E-state index in [1.54, 1.807) is 6.07 Å². The van der Waals surface area contributed by atoms with Crippen LogP contribution in [0.25, 0.3) is 0 Å². The smallest absolute Gasteiger partial charge is 0.115 e. The largest absolute Gasteiger partial charge is 0.508 e. The van der Waals surface area contributed by atoms with Gasteiger partial charge in [0.15, 0.2) is 0 Å². The fourth-order valence-electron chi connectivity index (χ4n) is 4.01. The Morgan fingerprint density at radius 3 is 3.05 bits per heavy atom. The highest BCUT2D eigenvalue weighted by molar-refractivity contribution is 5.44. The Morgan fingerprint density at radius 1 is 1.53 bits per heavy atom. The third kappa shape index (κ3) is 1.76. The van der Waals surface area contributed by atoms with E-state index in [1.807, 2.05) is 6.07 Å². The van der Waals surface area contributed by atoms with E-state index < -0.39 is 0 Å². The molecule has 2 heteroatoms. The number of aromatic hydroxyl groups is 1. The van der Waals surface area contributed by atoms with Crippen LogP contribution in [-0.2, 0) is 11.8 Å². The SMILES string of the molecule is C#CCN1CC[C@]2(C)c3cc(O)ccc3C[C@H]1[C@H]2C. The van der Waals surface area contributed by atoms with Crippen LogP contribution in [0, 0.1) is 18.3 Å². The first kappa shape index (κ1) is 12.6. The molecule has 0 spiro atoms. The monoisotopic (exact) mass is 255 g/mol. The molecule has 2 nitrogen and oxygen atoms in total. The Bertz CT molecular complexity index is 545. The van der Waals surface area contributed by atoms with Gasteiger partial charge in [0.2, 0.25) is 0 Å². The second-order valence-corrected chi connectivity index (χ2v) is 6.24. The van der Waals surface area contributed by atoms with E-state index in [2.05, 4.69) is 30.7 Å². The molecule has 100 valence electrons. The van der Waals surface area contributed by atoms with E-state index in [-0.39, 0.29) is 5.41 Å². The lowest BCUT2D eigenvalue weighted by molar-refractivity contribution is 0.0412. The lowest BCUT2D eigenvalue weighted by Gasteiger charge is -2.54. The van der Waals surface area contributed by atoms with Crippen LogP contribution in [0.3, 0.4) is 0 Å². The van der Waals surface area contributed by atoms with Gasteiger partial charge in [0.25, 0.3) is 0 Å². The lowest BCUT2D eigenvalue weighted by atomic mass is 9.59. The number of terminal acetylenes is 1. The van der Waals surface area contributed by atoms with Crippen molar-refractivity contribution in [2.45, 2.75) is 38.1 Å². The number of hydrogen-bond donors (Lipinski definition) is 1. The minimum atomic E-state index is 0.169. The zero-order valence-electron chi connectivity index (χ0n) is 11.7. The first-order valence-electron chi connectivity index (χ1n) is 7.06. The average Bonchev–Trinajstić information content (AvgIpc) is 2.38. The molecule has 2 bridgehead atoms. The van der Waals surface area contributed by atoms with Crippen molar-refractivity contribution in [1.82, 2.24) is 4.90 Å². The third-order valence-electron chi connectivity index (χ3n) is 5.40. The quantitative estimate of drug-likeness (QED) is 0.780. The number of phenols is 1. The van der Waals surface area contributed by atoms with Gasteiger partial charge in [-0.25, -0.2) is 0 Å².